The molecule has 0 heterocycles. The van der Waals surface area contributed by atoms with E-state index in [-0.39, 0.29) is 9.92 Å². The minimum absolute atomic E-state index is 0.164. The van der Waals surface area contributed by atoms with Crippen LogP contribution in [0.4, 0.5) is 4.39 Å². The fraction of sp³-hybridized carbons (Fsp3) is 0.143. The quantitative estimate of drug-likeness (QED) is 0.885. The zero-order chi connectivity index (χ0) is 15.5. The van der Waals surface area contributed by atoms with Gasteiger partial charge in [0.15, 0.2) is 0 Å². The molecule has 0 aliphatic carbocycles. The predicted molar refractivity (Wildman–Crippen MR) is 78.0 cm³/mol. The van der Waals surface area contributed by atoms with E-state index in [1.807, 2.05) is 0 Å². The lowest BCUT2D eigenvalue weighted by Gasteiger charge is -2.17. The SMILES string of the molecule is O=S(=O)(N[C@@H](CO)c1ccccc1)c1ccc(F)c(Cl)c1. The van der Waals surface area contributed by atoms with E-state index in [1.165, 1.54) is 0 Å². The first-order valence-corrected chi connectivity index (χ1v) is 7.93. The van der Waals surface area contributed by atoms with Crippen LogP contribution in [0.1, 0.15) is 11.6 Å². The molecule has 0 bridgehead atoms. The van der Waals surface area contributed by atoms with Crippen molar-refractivity contribution >= 4 is 21.6 Å². The molecule has 0 saturated heterocycles. The van der Waals surface area contributed by atoms with E-state index in [0.29, 0.717) is 5.56 Å². The lowest BCUT2D eigenvalue weighted by molar-refractivity contribution is 0.259. The number of hydrogen-bond donors (Lipinski definition) is 2. The van der Waals surface area contributed by atoms with Crippen molar-refractivity contribution in [1.29, 1.82) is 0 Å². The first kappa shape index (κ1) is 15.9. The molecule has 2 N–H and O–H groups in total. The maximum absolute atomic E-state index is 13.1. The Morgan fingerprint density at radius 3 is 2.43 bits per heavy atom. The van der Waals surface area contributed by atoms with Crippen LogP contribution in [0.3, 0.4) is 0 Å². The highest BCUT2D eigenvalue weighted by Crippen LogP contribution is 2.21. The third kappa shape index (κ3) is 3.79. The van der Waals surface area contributed by atoms with Gasteiger partial charge in [-0.05, 0) is 23.8 Å². The van der Waals surface area contributed by atoms with Crippen molar-refractivity contribution in [1.82, 2.24) is 4.72 Å². The summed E-state index contributed by atoms with van der Waals surface area (Å²) in [5.41, 5.74) is 0.622. The molecule has 0 unspecified atom stereocenters. The van der Waals surface area contributed by atoms with Crippen molar-refractivity contribution in [2.24, 2.45) is 0 Å². The van der Waals surface area contributed by atoms with Crippen molar-refractivity contribution in [2.75, 3.05) is 6.61 Å². The van der Waals surface area contributed by atoms with E-state index in [4.69, 9.17) is 11.6 Å². The van der Waals surface area contributed by atoms with Crippen molar-refractivity contribution in [3.8, 4) is 0 Å². The van der Waals surface area contributed by atoms with Crippen LogP contribution in [-0.4, -0.2) is 20.1 Å². The van der Waals surface area contributed by atoms with Gasteiger partial charge in [-0.1, -0.05) is 41.9 Å². The van der Waals surface area contributed by atoms with Crippen LogP contribution in [0.15, 0.2) is 53.4 Å². The summed E-state index contributed by atoms with van der Waals surface area (Å²) in [7, 11) is -3.92. The lowest BCUT2D eigenvalue weighted by atomic mass is 10.1. The van der Waals surface area contributed by atoms with Crippen LogP contribution in [0, 0.1) is 5.82 Å². The van der Waals surface area contributed by atoms with Crippen LogP contribution >= 0.6 is 11.6 Å². The summed E-state index contributed by atoms with van der Waals surface area (Å²) < 4.78 is 39.9. The minimum atomic E-state index is -3.92. The molecule has 0 spiro atoms. The normalized spacial score (nSPS) is 13.1. The molecule has 4 nitrogen and oxygen atoms in total. The van der Waals surface area contributed by atoms with E-state index >= 15 is 0 Å². The molecule has 0 aromatic heterocycles. The Morgan fingerprint density at radius 2 is 1.86 bits per heavy atom. The molecule has 2 aromatic rings. The van der Waals surface area contributed by atoms with Crippen LogP contribution in [-0.2, 0) is 10.0 Å². The van der Waals surface area contributed by atoms with Gasteiger partial charge in [0, 0.05) is 0 Å². The van der Waals surface area contributed by atoms with Gasteiger partial charge >= 0.3 is 0 Å². The molecule has 0 radical (unpaired) electrons. The number of benzene rings is 2. The summed E-state index contributed by atoms with van der Waals surface area (Å²) in [6.45, 7) is -0.405. The second kappa shape index (κ2) is 6.53. The molecule has 112 valence electrons. The average molecular weight is 330 g/mol. The summed E-state index contributed by atoms with van der Waals surface area (Å²) in [6.07, 6.45) is 0. The highest BCUT2D eigenvalue weighted by molar-refractivity contribution is 7.89. The van der Waals surface area contributed by atoms with Crippen molar-refractivity contribution in [3.63, 3.8) is 0 Å². The maximum atomic E-state index is 13.1. The Bertz CT molecular complexity index is 722. The predicted octanol–water partition coefficient (Wildman–Crippen LogP) is 2.49. The van der Waals surface area contributed by atoms with Crippen molar-refractivity contribution in [3.05, 3.63) is 64.9 Å². The highest BCUT2D eigenvalue weighted by Gasteiger charge is 2.21. The number of nitrogens with one attached hydrogen (secondary N) is 1. The summed E-state index contributed by atoms with van der Waals surface area (Å²) in [6, 6.07) is 11.0. The van der Waals surface area contributed by atoms with Crippen LogP contribution in [0.5, 0.6) is 0 Å². The van der Waals surface area contributed by atoms with Crippen LogP contribution in [0.2, 0.25) is 5.02 Å². The molecular weight excluding hydrogens is 317 g/mol. The number of hydrogen-bond acceptors (Lipinski definition) is 3. The molecule has 1 atom stereocenters. The fourth-order valence-electron chi connectivity index (χ4n) is 1.80. The van der Waals surface area contributed by atoms with Gasteiger partial charge in [-0.15, -0.1) is 0 Å². The Labute approximate surface area is 127 Å². The Kier molecular flexibility index (Phi) is 4.95. The Hall–Kier alpha value is -1.47. The Morgan fingerprint density at radius 1 is 1.19 bits per heavy atom. The summed E-state index contributed by atoms with van der Waals surface area (Å²) >= 11 is 5.59. The van der Waals surface area contributed by atoms with E-state index in [2.05, 4.69) is 4.72 Å². The molecule has 0 aliphatic rings. The molecule has 21 heavy (non-hydrogen) atoms. The average Bonchev–Trinajstić information content (AvgIpc) is 2.48. The van der Waals surface area contributed by atoms with Crippen molar-refractivity contribution < 1.29 is 17.9 Å². The second-order valence-corrected chi connectivity index (χ2v) is 6.46. The standard InChI is InChI=1S/C14H13ClFNO3S/c15-12-8-11(6-7-13(12)16)21(19,20)17-14(9-18)10-4-2-1-3-5-10/h1-8,14,17-18H,9H2/t14-/m0/s1. The number of aliphatic hydroxyl groups is 1. The van der Waals surface area contributed by atoms with Gasteiger partial charge in [-0.25, -0.2) is 17.5 Å². The number of aliphatic hydroxyl groups excluding tert-OH is 1. The first-order chi connectivity index (χ1) is 9.94. The van der Waals surface area contributed by atoms with Gasteiger partial charge in [-0.2, -0.15) is 0 Å². The monoisotopic (exact) mass is 329 g/mol. The highest BCUT2D eigenvalue weighted by atomic mass is 35.5. The number of rotatable bonds is 5. The van der Waals surface area contributed by atoms with E-state index in [0.717, 1.165) is 18.2 Å². The lowest BCUT2D eigenvalue weighted by Crippen LogP contribution is -2.30. The van der Waals surface area contributed by atoms with Gasteiger partial charge < -0.3 is 5.11 Å². The smallest absolute Gasteiger partial charge is 0.241 e. The van der Waals surface area contributed by atoms with E-state index < -0.39 is 28.5 Å². The minimum Gasteiger partial charge on any atom is -0.394 e. The molecule has 0 fully saturated rings. The molecule has 2 aromatic carbocycles. The second-order valence-electron chi connectivity index (χ2n) is 4.34. The fourth-order valence-corrected chi connectivity index (χ4v) is 3.28. The summed E-state index contributed by atoms with van der Waals surface area (Å²) in [5, 5.41) is 9.10. The zero-order valence-corrected chi connectivity index (χ0v) is 12.4. The third-order valence-electron chi connectivity index (χ3n) is 2.88. The molecule has 0 amide bonds. The van der Waals surface area contributed by atoms with Gasteiger partial charge in [0.25, 0.3) is 0 Å². The van der Waals surface area contributed by atoms with E-state index in [9.17, 15) is 17.9 Å². The molecule has 0 aliphatic heterocycles. The molecule has 2 rings (SSSR count). The molecule has 7 heteroatoms. The molecular formula is C14H13ClFNO3S. The largest absolute Gasteiger partial charge is 0.394 e. The maximum Gasteiger partial charge on any atom is 0.241 e. The number of sulfonamides is 1. The first-order valence-electron chi connectivity index (χ1n) is 6.07. The van der Waals surface area contributed by atoms with Gasteiger partial charge in [0.1, 0.15) is 5.82 Å². The molecule has 0 saturated carbocycles. The Balaban J connectivity index is 2.29. The third-order valence-corrected chi connectivity index (χ3v) is 4.64. The van der Waals surface area contributed by atoms with Gasteiger partial charge in [0.05, 0.1) is 22.6 Å². The van der Waals surface area contributed by atoms with E-state index in [1.54, 1.807) is 30.3 Å². The summed E-state index contributed by atoms with van der Waals surface area (Å²) in [4.78, 5) is -0.164. The zero-order valence-electron chi connectivity index (χ0n) is 10.8. The summed E-state index contributed by atoms with van der Waals surface area (Å²) in [5.74, 6) is -0.697. The van der Waals surface area contributed by atoms with Crippen molar-refractivity contribution in [2.45, 2.75) is 10.9 Å². The van der Waals surface area contributed by atoms with Crippen LogP contribution < -0.4 is 4.72 Å². The number of halogens is 2. The van der Waals surface area contributed by atoms with Crippen LogP contribution in [0.25, 0.3) is 0 Å². The topological polar surface area (TPSA) is 66.4 Å². The van der Waals surface area contributed by atoms with Gasteiger partial charge in [-0.3, -0.25) is 0 Å². The van der Waals surface area contributed by atoms with Gasteiger partial charge in [0.2, 0.25) is 10.0 Å².